The minimum absolute atomic E-state index is 0.0344. The van der Waals surface area contributed by atoms with Crippen molar-refractivity contribution >= 4 is 5.91 Å². The van der Waals surface area contributed by atoms with Gasteiger partial charge in [0.05, 0.1) is 19.1 Å². The molecule has 2 heterocycles. The Balaban J connectivity index is 1.93. The molecule has 0 saturated carbocycles. The summed E-state index contributed by atoms with van der Waals surface area (Å²) in [6.07, 6.45) is 1.89. The maximum atomic E-state index is 12.4. The third-order valence-electron chi connectivity index (χ3n) is 3.85. The van der Waals surface area contributed by atoms with Crippen LogP contribution >= 0.6 is 0 Å². The zero-order chi connectivity index (χ0) is 12.3. The van der Waals surface area contributed by atoms with E-state index in [2.05, 4.69) is 5.32 Å². The molecule has 2 rings (SSSR count). The second-order valence-electron chi connectivity index (χ2n) is 4.83. The van der Waals surface area contributed by atoms with E-state index in [9.17, 15) is 4.79 Å². The van der Waals surface area contributed by atoms with Crippen molar-refractivity contribution in [2.75, 3.05) is 40.5 Å². The zero-order valence-corrected chi connectivity index (χ0v) is 10.6. The Hall–Kier alpha value is -0.650. The molecule has 5 heteroatoms. The molecular weight excluding hydrogens is 220 g/mol. The van der Waals surface area contributed by atoms with Gasteiger partial charge >= 0.3 is 0 Å². The molecule has 0 radical (unpaired) electrons. The summed E-state index contributed by atoms with van der Waals surface area (Å²) in [6.45, 7) is 2.70. The Morgan fingerprint density at radius 1 is 1.24 bits per heavy atom. The van der Waals surface area contributed by atoms with Gasteiger partial charge in [-0.3, -0.25) is 4.79 Å². The average Bonchev–Trinajstić information content (AvgIpc) is 2.86. The van der Waals surface area contributed by atoms with Gasteiger partial charge in [0.2, 0.25) is 5.91 Å². The van der Waals surface area contributed by atoms with Gasteiger partial charge in [-0.15, -0.1) is 0 Å². The fourth-order valence-electron chi connectivity index (χ4n) is 2.60. The highest BCUT2D eigenvalue weighted by Gasteiger charge is 2.36. The molecule has 0 spiro atoms. The summed E-state index contributed by atoms with van der Waals surface area (Å²) in [5, 5.41) is 3.16. The van der Waals surface area contributed by atoms with E-state index >= 15 is 0 Å². The molecule has 0 aromatic carbocycles. The molecule has 2 unspecified atom stereocenters. The van der Waals surface area contributed by atoms with E-state index in [0.29, 0.717) is 19.3 Å². The van der Waals surface area contributed by atoms with Gasteiger partial charge in [-0.25, -0.2) is 0 Å². The highest BCUT2D eigenvalue weighted by Crippen LogP contribution is 2.20. The molecule has 2 aliphatic heterocycles. The normalized spacial score (nSPS) is 30.5. The van der Waals surface area contributed by atoms with Gasteiger partial charge in [-0.2, -0.15) is 0 Å². The molecule has 0 aliphatic carbocycles. The number of hydrogen-bond acceptors (Lipinski definition) is 4. The van der Waals surface area contributed by atoms with E-state index in [4.69, 9.17) is 9.47 Å². The van der Waals surface area contributed by atoms with Crippen molar-refractivity contribution in [1.29, 1.82) is 0 Å². The van der Waals surface area contributed by atoms with Crippen LogP contribution < -0.4 is 5.32 Å². The minimum Gasteiger partial charge on any atom is -0.381 e. The van der Waals surface area contributed by atoms with E-state index in [-0.39, 0.29) is 17.9 Å². The first-order valence-electron chi connectivity index (χ1n) is 6.33. The number of likely N-dealkylation sites (N-methyl/N-ethyl adjacent to an activating group) is 1. The van der Waals surface area contributed by atoms with Crippen molar-refractivity contribution in [1.82, 2.24) is 10.2 Å². The van der Waals surface area contributed by atoms with Gasteiger partial charge in [0.25, 0.3) is 0 Å². The summed E-state index contributed by atoms with van der Waals surface area (Å²) in [4.78, 5) is 14.3. The molecule has 17 heavy (non-hydrogen) atoms. The quantitative estimate of drug-likeness (QED) is 0.748. The van der Waals surface area contributed by atoms with Crippen LogP contribution in [-0.4, -0.2) is 63.4 Å². The highest BCUT2D eigenvalue weighted by atomic mass is 16.5. The third kappa shape index (κ3) is 2.78. The Morgan fingerprint density at radius 3 is 2.59 bits per heavy atom. The number of rotatable bonds is 3. The largest absolute Gasteiger partial charge is 0.381 e. The number of amides is 1. The van der Waals surface area contributed by atoms with E-state index < -0.39 is 0 Å². The summed E-state index contributed by atoms with van der Waals surface area (Å²) in [5.74, 6) is 0.168. The predicted molar refractivity (Wildman–Crippen MR) is 63.8 cm³/mol. The van der Waals surface area contributed by atoms with Crippen LogP contribution in [0, 0.1) is 5.92 Å². The molecule has 2 atom stereocenters. The van der Waals surface area contributed by atoms with Gasteiger partial charge < -0.3 is 19.7 Å². The second kappa shape index (κ2) is 5.80. The van der Waals surface area contributed by atoms with Gasteiger partial charge in [-0.05, 0) is 19.9 Å². The van der Waals surface area contributed by atoms with Gasteiger partial charge in [0, 0.05) is 32.3 Å². The van der Waals surface area contributed by atoms with Crippen molar-refractivity contribution < 1.29 is 14.3 Å². The average molecular weight is 242 g/mol. The Kier molecular flexibility index (Phi) is 4.36. The lowest BCUT2D eigenvalue weighted by atomic mass is 9.99. The van der Waals surface area contributed by atoms with Gasteiger partial charge in [0.15, 0.2) is 0 Å². The molecule has 2 aliphatic rings. The maximum Gasteiger partial charge on any atom is 0.229 e. The first-order chi connectivity index (χ1) is 8.24. The fraction of sp³-hybridized carbons (Fsp3) is 0.917. The molecule has 1 N–H and O–H groups in total. The summed E-state index contributed by atoms with van der Waals surface area (Å²) in [5.41, 5.74) is 0. The molecule has 0 bridgehead atoms. The summed E-state index contributed by atoms with van der Waals surface area (Å²) < 4.78 is 10.7. The van der Waals surface area contributed by atoms with Crippen LogP contribution in [0.15, 0.2) is 0 Å². The van der Waals surface area contributed by atoms with Crippen LogP contribution in [0.3, 0.4) is 0 Å². The lowest BCUT2D eigenvalue weighted by molar-refractivity contribution is -0.138. The molecule has 98 valence electrons. The van der Waals surface area contributed by atoms with Crippen LogP contribution in [0.4, 0.5) is 0 Å². The van der Waals surface area contributed by atoms with E-state index in [1.54, 1.807) is 0 Å². The molecule has 1 amide bonds. The van der Waals surface area contributed by atoms with Crippen molar-refractivity contribution in [3.8, 4) is 0 Å². The Morgan fingerprint density at radius 2 is 1.94 bits per heavy atom. The molecule has 0 aromatic rings. The monoisotopic (exact) mass is 242 g/mol. The Labute approximate surface area is 102 Å². The molecule has 5 nitrogen and oxygen atoms in total. The van der Waals surface area contributed by atoms with Crippen LogP contribution in [0.25, 0.3) is 0 Å². The fourth-order valence-corrected chi connectivity index (χ4v) is 2.60. The van der Waals surface area contributed by atoms with Gasteiger partial charge in [0.1, 0.15) is 0 Å². The topological polar surface area (TPSA) is 50.8 Å². The standard InChI is InChI=1S/C12H22N2O3/c1-13-11-8-17-7-10(11)12(15)14(2)9-3-5-16-6-4-9/h9-11,13H,3-8H2,1-2H3. The number of hydrogen-bond donors (Lipinski definition) is 1. The number of nitrogens with one attached hydrogen (secondary N) is 1. The van der Waals surface area contributed by atoms with Crippen molar-refractivity contribution in [2.24, 2.45) is 5.92 Å². The van der Waals surface area contributed by atoms with Crippen LogP contribution in [0.5, 0.6) is 0 Å². The molecule has 0 aromatic heterocycles. The first-order valence-corrected chi connectivity index (χ1v) is 6.33. The van der Waals surface area contributed by atoms with E-state index in [0.717, 1.165) is 26.1 Å². The minimum atomic E-state index is -0.0344. The van der Waals surface area contributed by atoms with Crippen LogP contribution in [-0.2, 0) is 14.3 Å². The number of ether oxygens (including phenoxy) is 2. The SMILES string of the molecule is CNC1COCC1C(=O)N(C)C1CCOCC1. The Bertz CT molecular complexity index is 266. The van der Waals surface area contributed by atoms with Crippen molar-refractivity contribution in [3.05, 3.63) is 0 Å². The smallest absolute Gasteiger partial charge is 0.229 e. The van der Waals surface area contributed by atoms with E-state index in [1.807, 2.05) is 19.0 Å². The third-order valence-corrected chi connectivity index (χ3v) is 3.85. The molecule has 2 fully saturated rings. The van der Waals surface area contributed by atoms with Crippen molar-refractivity contribution in [3.63, 3.8) is 0 Å². The van der Waals surface area contributed by atoms with Crippen LogP contribution in [0.2, 0.25) is 0 Å². The highest BCUT2D eigenvalue weighted by molar-refractivity contribution is 5.80. The van der Waals surface area contributed by atoms with Gasteiger partial charge in [-0.1, -0.05) is 0 Å². The number of carbonyl (C=O) groups is 1. The first kappa shape index (κ1) is 12.8. The zero-order valence-electron chi connectivity index (χ0n) is 10.6. The summed E-state index contributed by atoms with van der Waals surface area (Å²) >= 11 is 0. The number of carbonyl (C=O) groups excluding carboxylic acids is 1. The lowest BCUT2D eigenvalue weighted by Crippen LogP contribution is -2.48. The lowest BCUT2D eigenvalue weighted by Gasteiger charge is -2.33. The number of nitrogens with zero attached hydrogens (tertiary/aromatic N) is 1. The summed E-state index contributed by atoms with van der Waals surface area (Å²) in [7, 11) is 3.79. The summed E-state index contributed by atoms with van der Waals surface area (Å²) in [6, 6.07) is 0.485. The predicted octanol–water partition coefficient (Wildman–Crippen LogP) is -0.142. The molecular formula is C12H22N2O3. The van der Waals surface area contributed by atoms with E-state index in [1.165, 1.54) is 0 Å². The maximum absolute atomic E-state index is 12.4. The second-order valence-corrected chi connectivity index (χ2v) is 4.83. The molecule has 2 saturated heterocycles. The van der Waals surface area contributed by atoms with Crippen LogP contribution in [0.1, 0.15) is 12.8 Å². The van der Waals surface area contributed by atoms with Crippen molar-refractivity contribution in [2.45, 2.75) is 24.9 Å².